The Labute approximate surface area is 111 Å². The van der Waals surface area contributed by atoms with Crippen LogP contribution in [0.2, 0.25) is 0 Å². The van der Waals surface area contributed by atoms with Crippen LogP contribution in [0.25, 0.3) is 0 Å². The lowest BCUT2D eigenvalue weighted by atomic mass is 10.1. The summed E-state index contributed by atoms with van der Waals surface area (Å²) in [7, 11) is 1.55. The van der Waals surface area contributed by atoms with Crippen molar-refractivity contribution in [3.05, 3.63) is 29.3 Å². The summed E-state index contributed by atoms with van der Waals surface area (Å²) in [5.41, 5.74) is 7.27. The number of imide groups is 1. The van der Waals surface area contributed by atoms with Gasteiger partial charge in [0.1, 0.15) is 19.0 Å². The van der Waals surface area contributed by atoms with Crippen LogP contribution in [0, 0.1) is 0 Å². The van der Waals surface area contributed by atoms with Gasteiger partial charge in [0.25, 0.3) is 11.8 Å². The van der Waals surface area contributed by atoms with Crippen LogP contribution in [-0.2, 0) is 27.4 Å². The van der Waals surface area contributed by atoms with Gasteiger partial charge < -0.3 is 15.2 Å². The highest BCUT2D eigenvalue weighted by molar-refractivity contribution is 5.98. The first kappa shape index (κ1) is 13.5. The molecule has 102 valence electrons. The second-order valence-corrected chi connectivity index (χ2v) is 4.22. The first-order valence-corrected chi connectivity index (χ1v) is 5.92. The highest BCUT2D eigenvalue weighted by Gasteiger charge is 2.27. The van der Waals surface area contributed by atoms with Gasteiger partial charge in [-0.2, -0.15) is 0 Å². The van der Waals surface area contributed by atoms with Crippen LogP contribution in [0.1, 0.15) is 11.1 Å². The van der Waals surface area contributed by atoms with Crippen molar-refractivity contribution in [1.29, 1.82) is 0 Å². The van der Waals surface area contributed by atoms with Gasteiger partial charge in [0, 0.05) is 12.1 Å². The molecular formula is C13H16N2O4. The van der Waals surface area contributed by atoms with Gasteiger partial charge in [-0.15, -0.1) is 0 Å². The van der Waals surface area contributed by atoms with Crippen molar-refractivity contribution >= 4 is 11.8 Å². The number of hydrogen-bond donors (Lipinski definition) is 1. The summed E-state index contributed by atoms with van der Waals surface area (Å²) < 4.78 is 10.1. The number of carbonyl (C=O) groups excluding carboxylic acids is 2. The van der Waals surface area contributed by atoms with E-state index in [2.05, 4.69) is 0 Å². The second-order valence-electron chi connectivity index (χ2n) is 4.22. The first-order valence-electron chi connectivity index (χ1n) is 5.92. The zero-order chi connectivity index (χ0) is 13.8. The summed E-state index contributed by atoms with van der Waals surface area (Å²) in [5.74, 6) is -0.0443. The lowest BCUT2D eigenvalue weighted by molar-refractivity contribution is -0.159. The number of morpholine rings is 1. The van der Waals surface area contributed by atoms with Crippen molar-refractivity contribution in [2.24, 2.45) is 5.73 Å². The van der Waals surface area contributed by atoms with Crippen LogP contribution in [0.4, 0.5) is 0 Å². The Bertz CT molecular complexity index is 485. The number of hydrogen-bond acceptors (Lipinski definition) is 5. The molecule has 0 bridgehead atoms. The Balaban J connectivity index is 2.25. The van der Waals surface area contributed by atoms with Crippen LogP contribution >= 0.6 is 0 Å². The van der Waals surface area contributed by atoms with E-state index in [1.54, 1.807) is 13.2 Å². The molecule has 6 nitrogen and oxygen atoms in total. The van der Waals surface area contributed by atoms with Gasteiger partial charge in [0.05, 0.1) is 13.7 Å². The average Bonchev–Trinajstić information content (AvgIpc) is 2.42. The highest BCUT2D eigenvalue weighted by atomic mass is 16.5. The molecule has 0 saturated carbocycles. The Morgan fingerprint density at radius 2 is 2.00 bits per heavy atom. The quantitative estimate of drug-likeness (QED) is 0.776. The van der Waals surface area contributed by atoms with Gasteiger partial charge >= 0.3 is 0 Å². The third-order valence-corrected chi connectivity index (χ3v) is 2.96. The molecule has 2 amide bonds. The molecule has 1 aromatic rings. The number of benzene rings is 1. The third-order valence-electron chi connectivity index (χ3n) is 2.96. The molecule has 0 aliphatic carbocycles. The van der Waals surface area contributed by atoms with E-state index < -0.39 is 0 Å². The molecule has 1 aliphatic heterocycles. The molecule has 0 unspecified atom stereocenters. The normalized spacial score (nSPS) is 15.8. The number of rotatable bonds is 4. The standard InChI is InChI=1S/C13H16N2O4/c1-18-11-3-2-9(5-14)4-10(11)6-15-12(16)7-19-8-13(15)17/h2-4H,5-8,14H2,1H3. The van der Waals surface area contributed by atoms with Crippen LogP contribution in [-0.4, -0.2) is 37.0 Å². The minimum atomic E-state index is -0.337. The third kappa shape index (κ3) is 2.91. The molecule has 19 heavy (non-hydrogen) atoms. The van der Waals surface area contributed by atoms with Gasteiger partial charge in [0.2, 0.25) is 0 Å². The molecule has 6 heteroatoms. The van der Waals surface area contributed by atoms with Gasteiger partial charge in [-0.3, -0.25) is 14.5 Å². The summed E-state index contributed by atoms with van der Waals surface area (Å²) in [4.78, 5) is 24.5. The van der Waals surface area contributed by atoms with E-state index in [1.807, 2.05) is 12.1 Å². The molecule has 0 radical (unpaired) electrons. The summed E-state index contributed by atoms with van der Waals surface area (Å²) in [5, 5.41) is 0. The van der Waals surface area contributed by atoms with Gasteiger partial charge in [-0.05, 0) is 17.7 Å². The van der Waals surface area contributed by atoms with Crippen LogP contribution in [0.5, 0.6) is 5.75 Å². The molecule has 1 heterocycles. The highest BCUT2D eigenvalue weighted by Crippen LogP contribution is 2.22. The van der Waals surface area contributed by atoms with Gasteiger partial charge in [-0.25, -0.2) is 0 Å². The molecule has 1 saturated heterocycles. The topological polar surface area (TPSA) is 81.9 Å². The van der Waals surface area contributed by atoms with Crippen molar-refractivity contribution in [2.45, 2.75) is 13.1 Å². The number of amides is 2. The summed E-state index contributed by atoms with van der Waals surface area (Å²) >= 11 is 0. The predicted molar refractivity (Wildman–Crippen MR) is 67.3 cm³/mol. The zero-order valence-corrected chi connectivity index (χ0v) is 10.7. The lowest BCUT2D eigenvalue weighted by Gasteiger charge is -2.25. The molecule has 0 spiro atoms. The molecule has 2 rings (SSSR count). The van der Waals surface area contributed by atoms with Crippen LogP contribution in [0.3, 0.4) is 0 Å². The smallest absolute Gasteiger partial charge is 0.255 e. The van der Waals surface area contributed by atoms with E-state index in [0.717, 1.165) is 11.1 Å². The molecule has 0 atom stereocenters. The van der Waals surface area contributed by atoms with E-state index >= 15 is 0 Å². The van der Waals surface area contributed by atoms with Crippen molar-refractivity contribution < 1.29 is 19.1 Å². The maximum Gasteiger partial charge on any atom is 0.255 e. The van der Waals surface area contributed by atoms with Crippen LogP contribution < -0.4 is 10.5 Å². The Kier molecular flexibility index (Phi) is 4.13. The number of nitrogens with zero attached hydrogens (tertiary/aromatic N) is 1. The summed E-state index contributed by atoms with van der Waals surface area (Å²) in [6.07, 6.45) is 0. The largest absolute Gasteiger partial charge is 0.496 e. The first-order chi connectivity index (χ1) is 9.15. The monoisotopic (exact) mass is 264 g/mol. The van der Waals surface area contributed by atoms with Crippen molar-refractivity contribution in [3.8, 4) is 5.75 Å². The fourth-order valence-corrected chi connectivity index (χ4v) is 1.95. The van der Waals surface area contributed by atoms with Crippen molar-refractivity contribution in [2.75, 3.05) is 20.3 Å². The van der Waals surface area contributed by atoms with Gasteiger partial charge in [-0.1, -0.05) is 6.07 Å². The van der Waals surface area contributed by atoms with E-state index in [4.69, 9.17) is 15.2 Å². The van der Waals surface area contributed by atoms with E-state index in [-0.39, 0.29) is 31.6 Å². The van der Waals surface area contributed by atoms with E-state index in [1.165, 1.54) is 4.90 Å². The summed E-state index contributed by atoms with van der Waals surface area (Å²) in [6, 6.07) is 5.48. The SMILES string of the molecule is COc1ccc(CN)cc1CN1C(=O)COCC1=O. The summed E-state index contributed by atoms with van der Waals surface area (Å²) in [6.45, 7) is 0.440. The minimum Gasteiger partial charge on any atom is -0.496 e. The second kappa shape index (κ2) is 5.81. The molecule has 2 N–H and O–H groups in total. The van der Waals surface area contributed by atoms with E-state index in [0.29, 0.717) is 12.3 Å². The number of nitrogens with two attached hydrogens (primary N) is 1. The number of methoxy groups -OCH3 is 1. The fourth-order valence-electron chi connectivity index (χ4n) is 1.95. The maximum absolute atomic E-state index is 11.7. The number of ether oxygens (including phenoxy) is 2. The molecule has 1 aromatic carbocycles. The van der Waals surface area contributed by atoms with E-state index in [9.17, 15) is 9.59 Å². The molecule has 0 aromatic heterocycles. The molecular weight excluding hydrogens is 248 g/mol. The predicted octanol–water partition coefficient (Wildman–Crippen LogP) is 0.0393. The molecule has 1 fully saturated rings. The Morgan fingerprint density at radius 1 is 1.32 bits per heavy atom. The average molecular weight is 264 g/mol. The Hall–Kier alpha value is -1.92. The van der Waals surface area contributed by atoms with Crippen LogP contribution in [0.15, 0.2) is 18.2 Å². The zero-order valence-electron chi connectivity index (χ0n) is 10.7. The fraction of sp³-hybridized carbons (Fsp3) is 0.385. The number of carbonyl (C=O) groups is 2. The van der Waals surface area contributed by atoms with Gasteiger partial charge in [0.15, 0.2) is 0 Å². The Morgan fingerprint density at radius 3 is 2.58 bits per heavy atom. The minimum absolute atomic E-state index is 0.0648. The molecule has 1 aliphatic rings. The maximum atomic E-state index is 11.7. The van der Waals surface area contributed by atoms with Crippen molar-refractivity contribution in [3.63, 3.8) is 0 Å². The van der Waals surface area contributed by atoms with Crippen molar-refractivity contribution in [1.82, 2.24) is 4.90 Å². The lowest BCUT2D eigenvalue weighted by Crippen LogP contribution is -2.45.